The largest absolute Gasteiger partial charge is 0.619 e. The second kappa shape index (κ2) is 13.8. The summed E-state index contributed by atoms with van der Waals surface area (Å²) in [6, 6.07) is 10.0. The third kappa shape index (κ3) is 9.73. The summed E-state index contributed by atoms with van der Waals surface area (Å²) >= 11 is 12.6. The summed E-state index contributed by atoms with van der Waals surface area (Å²) in [5.74, 6) is 0.199. The molecule has 1 saturated carbocycles. The molecule has 0 spiro atoms. The van der Waals surface area contributed by atoms with E-state index in [1.807, 2.05) is 0 Å². The highest BCUT2D eigenvalue weighted by atomic mass is 35.5. The lowest BCUT2D eigenvalue weighted by atomic mass is 10.0. The summed E-state index contributed by atoms with van der Waals surface area (Å²) in [5.41, 5.74) is 1.71. The first-order valence-corrected chi connectivity index (χ1v) is 15.7. The fraction of sp³-hybridized carbons (Fsp3) is 0.357. The number of alkyl halides is 2. The van der Waals surface area contributed by atoms with Crippen molar-refractivity contribution < 1.29 is 40.9 Å². The normalized spacial score (nSPS) is 14.6. The van der Waals surface area contributed by atoms with Gasteiger partial charge >= 0.3 is 12.7 Å². The highest BCUT2D eigenvalue weighted by molar-refractivity contribution is 7.92. The molecule has 232 valence electrons. The standard InChI is InChI=1S/C28H29Cl2F2N3O7S/c1-16(18-5-8-20(9-6-18)34-43(2,38)39)33-28(36)42-25(12-21-22(29)13-35(37)14-23(21)30)19-7-10-24(41-27(31)32)26(11-19)40-15-17-3-4-17/h5-11,13-14,16-17,25,27,34H,3-4,12,15H2,1-2H3,(H,33,36)/t16?,25-/m0/s1. The molecule has 0 bridgehead atoms. The molecule has 4 rings (SSSR count). The lowest BCUT2D eigenvalue weighted by Crippen LogP contribution is -2.30. The van der Waals surface area contributed by atoms with Crippen molar-refractivity contribution in [1.82, 2.24) is 5.32 Å². The minimum Gasteiger partial charge on any atom is -0.619 e. The van der Waals surface area contributed by atoms with Crippen LogP contribution >= 0.6 is 23.2 Å². The number of amides is 1. The molecule has 1 amide bonds. The van der Waals surface area contributed by atoms with Gasteiger partial charge in [0.2, 0.25) is 10.0 Å². The fourth-order valence-electron chi connectivity index (χ4n) is 4.14. The topological polar surface area (TPSA) is 130 Å². The monoisotopic (exact) mass is 659 g/mol. The Kier molecular flexibility index (Phi) is 10.4. The van der Waals surface area contributed by atoms with Gasteiger partial charge in [0, 0.05) is 17.7 Å². The molecule has 15 heteroatoms. The van der Waals surface area contributed by atoms with Crippen LogP contribution in [0.5, 0.6) is 11.5 Å². The minimum atomic E-state index is -3.45. The van der Waals surface area contributed by atoms with E-state index in [0.717, 1.165) is 31.5 Å². The predicted octanol–water partition coefficient (Wildman–Crippen LogP) is 6.16. The van der Waals surface area contributed by atoms with Crippen LogP contribution in [0.2, 0.25) is 10.0 Å². The maximum absolute atomic E-state index is 13.1. The van der Waals surface area contributed by atoms with Crippen LogP contribution < -0.4 is 24.2 Å². The van der Waals surface area contributed by atoms with Crippen LogP contribution in [0.4, 0.5) is 19.3 Å². The Morgan fingerprint density at radius 3 is 2.28 bits per heavy atom. The number of halogens is 4. The van der Waals surface area contributed by atoms with Crippen molar-refractivity contribution in [3.63, 3.8) is 0 Å². The summed E-state index contributed by atoms with van der Waals surface area (Å²) in [4.78, 5) is 13.1. The van der Waals surface area contributed by atoms with Crippen molar-refractivity contribution in [2.24, 2.45) is 5.92 Å². The van der Waals surface area contributed by atoms with Gasteiger partial charge in [0.05, 0.1) is 18.9 Å². The number of aromatic nitrogens is 1. The van der Waals surface area contributed by atoms with E-state index >= 15 is 0 Å². The summed E-state index contributed by atoms with van der Waals surface area (Å²) in [7, 11) is -3.45. The fourth-order valence-corrected chi connectivity index (χ4v) is 5.30. The zero-order valence-corrected chi connectivity index (χ0v) is 25.4. The Labute approximate surface area is 257 Å². The van der Waals surface area contributed by atoms with E-state index in [-0.39, 0.29) is 28.0 Å². The Bertz CT molecular complexity index is 1540. The lowest BCUT2D eigenvalue weighted by Gasteiger charge is -2.23. The number of alkyl carbamates (subject to hydrolysis) is 1. The SMILES string of the molecule is CC(NC(=O)O[C@@H](Cc1c(Cl)c[n+]([O-])cc1Cl)c1ccc(OC(F)F)c(OCC2CC2)c1)c1ccc(NS(C)(=O)=O)cc1. The quantitative estimate of drug-likeness (QED) is 0.166. The van der Waals surface area contributed by atoms with Crippen molar-refractivity contribution in [2.45, 2.75) is 44.9 Å². The highest BCUT2D eigenvalue weighted by Crippen LogP contribution is 2.38. The van der Waals surface area contributed by atoms with Crippen molar-refractivity contribution in [3.05, 3.63) is 86.8 Å². The van der Waals surface area contributed by atoms with Gasteiger partial charge in [0.25, 0.3) is 0 Å². The summed E-state index contributed by atoms with van der Waals surface area (Å²) < 4.78 is 68.1. The molecule has 1 fully saturated rings. The first kappa shape index (κ1) is 32.4. The van der Waals surface area contributed by atoms with E-state index in [2.05, 4.69) is 14.8 Å². The van der Waals surface area contributed by atoms with E-state index in [1.165, 1.54) is 18.2 Å². The second-order valence-corrected chi connectivity index (χ2v) is 12.7. The maximum Gasteiger partial charge on any atom is 0.408 e. The summed E-state index contributed by atoms with van der Waals surface area (Å²) in [5, 5.41) is 14.6. The van der Waals surface area contributed by atoms with Crippen LogP contribution in [0.3, 0.4) is 0 Å². The van der Waals surface area contributed by atoms with Gasteiger partial charge in [-0.25, -0.2) is 13.2 Å². The first-order chi connectivity index (χ1) is 20.3. The van der Waals surface area contributed by atoms with E-state index in [1.54, 1.807) is 31.2 Å². The molecule has 2 atom stereocenters. The number of nitrogens with zero attached hydrogens (tertiary/aromatic N) is 1. The van der Waals surface area contributed by atoms with Crippen molar-refractivity contribution in [3.8, 4) is 11.5 Å². The van der Waals surface area contributed by atoms with E-state index in [9.17, 15) is 27.2 Å². The maximum atomic E-state index is 13.1. The molecule has 0 radical (unpaired) electrons. The van der Waals surface area contributed by atoms with Crippen LogP contribution in [-0.2, 0) is 21.2 Å². The number of hydrogen-bond acceptors (Lipinski definition) is 7. The zero-order chi connectivity index (χ0) is 31.3. The molecule has 1 aliphatic carbocycles. The summed E-state index contributed by atoms with van der Waals surface area (Å²) in [6.45, 7) is -1.07. The molecule has 1 aromatic heterocycles. The number of benzene rings is 2. The van der Waals surface area contributed by atoms with E-state index < -0.39 is 34.9 Å². The molecular weight excluding hydrogens is 631 g/mol. The number of carbonyl (C=O) groups is 1. The predicted molar refractivity (Wildman–Crippen MR) is 156 cm³/mol. The molecule has 10 nitrogen and oxygen atoms in total. The molecule has 1 heterocycles. The van der Waals surface area contributed by atoms with Gasteiger partial charge in [-0.3, -0.25) is 4.72 Å². The smallest absolute Gasteiger partial charge is 0.408 e. The number of nitrogens with one attached hydrogen (secondary N) is 2. The Morgan fingerprint density at radius 1 is 1.07 bits per heavy atom. The number of carbonyl (C=O) groups excluding carboxylic acids is 1. The van der Waals surface area contributed by atoms with Gasteiger partial charge in [0.1, 0.15) is 16.1 Å². The molecule has 0 aliphatic heterocycles. The Balaban J connectivity index is 1.58. The molecule has 0 saturated heterocycles. The van der Waals surface area contributed by atoms with Gasteiger partial charge in [-0.1, -0.05) is 41.4 Å². The average Bonchev–Trinajstić information content (AvgIpc) is 3.73. The lowest BCUT2D eigenvalue weighted by molar-refractivity contribution is -0.605. The number of ether oxygens (including phenoxy) is 3. The molecule has 2 aromatic carbocycles. The molecule has 1 unspecified atom stereocenters. The van der Waals surface area contributed by atoms with Crippen molar-refractivity contribution in [2.75, 3.05) is 17.6 Å². The second-order valence-electron chi connectivity index (χ2n) is 10.1. The summed E-state index contributed by atoms with van der Waals surface area (Å²) in [6.07, 6.45) is 3.24. The minimum absolute atomic E-state index is 0.0375. The molecule has 2 N–H and O–H groups in total. The Morgan fingerprint density at radius 2 is 1.70 bits per heavy atom. The third-order valence-corrected chi connectivity index (χ3v) is 7.73. The highest BCUT2D eigenvalue weighted by Gasteiger charge is 2.27. The average molecular weight is 661 g/mol. The number of hydrogen-bond donors (Lipinski definition) is 2. The Hall–Kier alpha value is -3.55. The zero-order valence-electron chi connectivity index (χ0n) is 23.1. The van der Waals surface area contributed by atoms with Gasteiger partial charge in [0.15, 0.2) is 23.9 Å². The van der Waals surface area contributed by atoms with Crippen LogP contribution in [0.25, 0.3) is 0 Å². The molecular formula is C28H29Cl2F2N3O7S. The van der Waals surface area contributed by atoms with Crippen LogP contribution in [0.15, 0.2) is 54.9 Å². The number of anilines is 1. The van der Waals surface area contributed by atoms with Gasteiger partial charge < -0.3 is 24.7 Å². The first-order valence-electron chi connectivity index (χ1n) is 13.1. The third-order valence-electron chi connectivity index (χ3n) is 6.47. The number of rotatable bonds is 13. The molecule has 3 aromatic rings. The van der Waals surface area contributed by atoms with Gasteiger partial charge in [-0.15, -0.1) is 0 Å². The molecule has 43 heavy (non-hydrogen) atoms. The van der Waals surface area contributed by atoms with E-state index in [4.69, 9.17) is 32.7 Å². The number of sulfonamides is 1. The van der Waals surface area contributed by atoms with Crippen molar-refractivity contribution in [1.29, 1.82) is 0 Å². The van der Waals surface area contributed by atoms with Crippen LogP contribution in [-0.4, -0.2) is 34.0 Å². The van der Waals surface area contributed by atoms with Gasteiger partial charge in [-0.05, 0) is 61.1 Å². The van der Waals surface area contributed by atoms with Crippen LogP contribution in [0.1, 0.15) is 48.6 Å². The van der Waals surface area contributed by atoms with Gasteiger partial charge in [-0.2, -0.15) is 13.5 Å². The van der Waals surface area contributed by atoms with Crippen LogP contribution in [0, 0.1) is 11.1 Å². The molecule has 1 aliphatic rings. The van der Waals surface area contributed by atoms with Crippen molar-refractivity contribution >= 4 is 45.0 Å². The van der Waals surface area contributed by atoms with E-state index in [0.29, 0.717) is 39.6 Å². The number of pyridine rings is 1.